The van der Waals surface area contributed by atoms with Gasteiger partial charge in [-0.05, 0) is 19.1 Å². The first-order chi connectivity index (χ1) is 7.13. The molecule has 2 amide bonds. The van der Waals surface area contributed by atoms with Crippen LogP contribution in [-0.2, 0) is 0 Å². The lowest BCUT2D eigenvalue weighted by Crippen LogP contribution is -2.32. The third-order valence-corrected chi connectivity index (χ3v) is 2.67. The number of nitrogens with zero attached hydrogens (tertiary/aromatic N) is 2. The minimum atomic E-state index is -0.190. The standard InChI is InChI=1S/C11H13N3O/c1-8-10(12)13(2)11(15)14(8)9-6-4-3-5-7-9/h3-8,12H,1-2H3. The van der Waals surface area contributed by atoms with E-state index in [0.717, 1.165) is 5.69 Å². The summed E-state index contributed by atoms with van der Waals surface area (Å²) in [7, 11) is 1.63. The van der Waals surface area contributed by atoms with E-state index in [2.05, 4.69) is 0 Å². The summed E-state index contributed by atoms with van der Waals surface area (Å²) >= 11 is 0. The van der Waals surface area contributed by atoms with E-state index in [1.54, 1.807) is 11.9 Å². The Kier molecular flexibility index (Phi) is 2.19. The van der Waals surface area contributed by atoms with Crippen molar-refractivity contribution in [2.24, 2.45) is 0 Å². The van der Waals surface area contributed by atoms with Crippen molar-refractivity contribution >= 4 is 17.6 Å². The topological polar surface area (TPSA) is 47.4 Å². The number of carbonyl (C=O) groups is 1. The number of amides is 2. The minimum Gasteiger partial charge on any atom is -0.286 e. The molecule has 1 N–H and O–H groups in total. The van der Waals surface area contributed by atoms with Crippen molar-refractivity contribution in [2.45, 2.75) is 13.0 Å². The molecule has 1 aromatic carbocycles. The molecule has 1 saturated heterocycles. The number of hydrogen-bond acceptors (Lipinski definition) is 2. The molecular formula is C11H13N3O. The third-order valence-electron chi connectivity index (χ3n) is 2.67. The molecule has 0 aliphatic carbocycles. The lowest BCUT2D eigenvalue weighted by atomic mass is 10.2. The summed E-state index contributed by atoms with van der Waals surface area (Å²) in [6.07, 6.45) is 0. The highest BCUT2D eigenvalue weighted by Gasteiger charge is 2.37. The van der Waals surface area contributed by atoms with Gasteiger partial charge >= 0.3 is 6.03 Å². The normalized spacial score (nSPS) is 21.3. The molecule has 0 bridgehead atoms. The zero-order valence-electron chi connectivity index (χ0n) is 8.77. The van der Waals surface area contributed by atoms with Crippen LogP contribution in [0.1, 0.15) is 6.92 Å². The van der Waals surface area contributed by atoms with Crippen molar-refractivity contribution in [1.82, 2.24) is 4.90 Å². The highest BCUT2D eigenvalue weighted by molar-refractivity contribution is 6.14. The second-order valence-electron chi connectivity index (χ2n) is 3.61. The van der Waals surface area contributed by atoms with Crippen LogP contribution in [0.2, 0.25) is 0 Å². The summed E-state index contributed by atoms with van der Waals surface area (Å²) in [5.74, 6) is 0.337. The van der Waals surface area contributed by atoms with Crippen molar-refractivity contribution in [2.75, 3.05) is 11.9 Å². The molecule has 0 aromatic heterocycles. The third kappa shape index (κ3) is 1.38. The number of anilines is 1. The Bertz CT molecular complexity index is 402. The maximum atomic E-state index is 11.8. The van der Waals surface area contributed by atoms with Crippen LogP contribution in [0.5, 0.6) is 0 Å². The van der Waals surface area contributed by atoms with Crippen LogP contribution in [0.3, 0.4) is 0 Å². The number of hydrogen-bond donors (Lipinski definition) is 1. The number of nitrogens with one attached hydrogen (secondary N) is 1. The summed E-state index contributed by atoms with van der Waals surface area (Å²) in [6, 6.07) is 9.10. The molecule has 2 rings (SSSR count). The Hall–Kier alpha value is -1.84. The van der Waals surface area contributed by atoms with Gasteiger partial charge in [-0.2, -0.15) is 0 Å². The van der Waals surface area contributed by atoms with E-state index in [0.29, 0.717) is 5.84 Å². The molecule has 15 heavy (non-hydrogen) atoms. The quantitative estimate of drug-likeness (QED) is 0.744. The molecule has 4 nitrogen and oxygen atoms in total. The molecule has 1 atom stereocenters. The number of amidine groups is 1. The molecule has 0 spiro atoms. The molecule has 1 unspecified atom stereocenters. The van der Waals surface area contributed by atoms with Gasteiger partial charge < -0.3 is 0 Å². The van der Waals surface area contributed by atoms with Gasteiger partial charge in [-0.25, -0.2) is 4.79 Å². The second kappa shape index (κ2) is 3.38. The number of benzene rings is 1. The summed E-state index contributed by atoms with van der Waals surface area (Å²) < 4.78 is 0. The zero-order chi connectivity index (χ0) is 11.0. The molecule has 0 radical (unpaired) electrons. The predicted octanol–water partition coefficient (Wildman–Crippen LogP) is 1.92. The molecule has 0 saturated carbocycles. The number of para-hydroxylation sites is 1. The maximum Gasteiger partial charge on any atom is 0.330 e. The fourth-order valence-electron chi connectivity index (χ4n) is 1.76. The van der Waals surface area contributed by atoms with E-state index >= 15 is 0 Å². The fourth-order valence-corrected chi connectivity index (χ4v) is 1.76. The Labute approximate surface area is 88.6 Å². The average Bonchev–Trinajstić information content (AvgIpc) is 2.45. The van der Waals surface area contributed by atoms with Crippen molar-refractivity contribution in [3.05, 3.63) is 30.3 Å². The molecule has 1 aromatic rings. The highest BCUT2D eigenvalue weighted by atomic mass is 16.2. The highest BCUT2D eigenvalue weighted by Crippen LogP contribution is 2.24. The molecule has 1 aliphatic heterocycles. The van der Waals surface area contributed by atoms with Crippen LogP contribution in [0.15, 0.2) is 30.3 Å². The zero-order valence-corrected chi connectivity index (χ0v) is 8.77. The average molecular weight is 203 g/mol. The van der Waals surface area contributed by atoms with Gasteiger partial charge in [0.25, 0.3) is 0 Å². The van der Waals surface area contributed by atoms with Crippen molar-refractivity contribution in [1.29, 1.82) is 5.41 Å². The van der Waals surface area contributed by atoms with Crippen molar-refractivity contribution in [3.8, 4) is 0 Å². The predicted molar refractivity (Wildman–Crippen MR) is 59.3 cm³/mol. The van der Waals surface area contributed by atoms with Gasteiger partial charge in [-0.3, -0.25) is 15.2 Å². The molecule has 4 heteroatoms. The lowest BCUT2D eigenvalue weighted by Gasteiger charge is -2.19. The van der Waals surface area contributed by atoms with E-state index in [-0.39, 0.29) is 12.1 Å². The second-order valence-corrected chi connectivity index (χ2v) is 3.61. The first-order valence-electron chi connectivity index (χ1n) is 4.83. The molecule has 1 heterocycles. The summed E-state index contributed by atoms with van der Waals surface area (Å²) in [5, 5.41) is 7.73. The van der Waals surface area contributed by atoms with Gasteiger partial charge in [0, 0.05) is 12.7 Å². The Morgan fingerprint density at radius 1 is 1.27 bits per heavy atom. The summed E-state index contributed by atoms with van der Waals surface area (Å²) in [4.78, 5) is 14.8. The molecule has 1 aliphatic rings. The van der Waals surface area contributed by atoms with Gasteiger partial charge in [-0.1, -0.05) is 18.2 Å². The van der Waals surface area contributed by atoms with Gasteiger partial charge in [0.1, 0.15) is 5.84 Å². The van der Waals surface area contributed by atoms with Crippen LogP contribution in [0.25, 0.3) is 0 Å². The molecule has 78 valence electrons. The number of rotatable bonds is 1. The number of urea groups is 1. The monoisotopic (exact) mass is 203 g/mol. The van der Waals surface area contributed by atoms with Gasteiger partial charge in [0.05, 0.1) is 6.04 Å². The van der Waals surface area contributed by atoms with E-state index in [1.807, 2.05) is 37.3 Å². The molecular weight excluding hydrogens is 190 g/mol. The van der Waals surface area contributed by atoms with Crippen LogP contribution in [-0.4, -0.2) is 29.9 Å². The van der Waals surface area contributed by atoms with E-state index in [9.17, 15) is 4.79 Å². The Balaban J connectivity index is 2.39. The van der Waals surface area contributed by atoms with Crippen molar-refractivity contribution < 1.29 is 4.79 Å². The van der Waals surface area contributed by atoms with Crippen LogP contribution in [0.4, 0.5) is 10.5 Å². The number of carbonyl (C=O) groups excluding carboxylic acids is 1. The number of likely N-dealkylation sites (N-methyl/N-ethyl adjacent to an activating group) is 1. The van der Waals surface area contributed by atoms with Crippen LogP contribution < -0.4 is 4.90 Å². The van der Waals surface area contributed by atoms with Crippen molar-refractivity contribution in [3.63, 3.8) is 0 Å². The molecule has 1 fully saturated rings. The SMILES string of the molecule is CC1C(=N)N(C)C(=O)N1c1ccccc1. The largest absolute Gasteiger partial charge is 0.330 e. The smallest absolute Gasteiger partial charge is 0.286 e. The summed E-state index contributed by atoms with van der Waals surface area (Å²) in [5.41, 5.74) is 0.837. The van der Waals surface area contributed by atoms with E-state index in [1.165, 1.54) is 4.90 Å². The lowest BCUT2D eigenvalue weighted by molar-refractivity contribution is 0.237. The minimum absolute atomic E-state index is 0.140. The first-order valence-corrected chi connectivity index (χ1v) is 4.83. The van der Waals surface area contributed by atoms with Crippen LogP contribution in [0, 0.1) is 5.41 Å². The van der Waals surface area contributed by atoms with Gasteiger partial charge in [0.2, 0.25) is 0 Å². The maximum absolute atomic E-state index is 11.8. The van der Waals surface area contributed by atoms with Crippen LogP contribution >= 0.6 is 0 Å². The Morgan fingerprint density at radius 2 is 1.87 bits per heavy atom. The van der Waals surface area contributed by atoms with E-state index < -0.39 is 0 Å². The Morgan fingerprint density at radius 3 is 2.33 bits per heavy atom. The fraction of sp³-hybridized carbons (Fsp3) is 0.273. The summed E-state index contributed by atoms with van der Waals surface area (Å²) in [6.45, 7) is 1.86. The first kappa shape index (κ1) is 9.71. The van der Waals surface area contributed by atoms with E-state index in [4.69, 9.17) is 5.41 Å². The van der Waals surface area contributed by atoms with Gasteiger partial charge in [0.15, 0.2) is 0 Å². The van der Waals surface area contributed by atoms with Gasteiger partial charge in [-0.15, -0.1) is 0 Å².